The third-order valence-electron chi connectivity index (χ3n) is 4.79. The number of carbonyl (C=O) groups excluding carboxylic acids is 1. The van der Waals surface area contributed by atoms with Crippen molar-refractivity contribution in [2.75, 3.05) is 28.5 Å². The van der Waals surface area contributed by atoms with Gasteiger partial charge in [0.15, 0.2) is 0 Å². The molecule has 0 bridgehead atoms. The average molecular weight is 459 g/mol. The number of benzene rings is 2. The number of aromatic nitrogens is 1. The quantitative estimate of drug-likeness (QED) is 0.540. The van der Waals surface area contributed by atoms with Gasteiger partial charge in [-0.15, -0.1) is 11.3 Å². The summed E-state index contributed by atoms with van der Waals surface area (Å²) in [7, 11) is -3.51. The second-order valence-corrected chi connectivity index (χ2v) is 9.68. The Morgan fingerprint density at radius 3 is 2.90 bits per heavy atom. The number of fused-ring (bicyclic) bond motifs is 1. The Morgan fingerprint density at radius 2 is 2.06 bits per heavy atom. The Balaban J connectivity index is 1.26. The first-order valence-electron chi connectivity index (χ1n) is 9.74. The first-order chi connectivity index (χ1) is 15.0. The Bertz CT molecular complexity index is 1150. The number of nitrogens with zero attached hydrogens (tertiary/aromatic N) is 2. The normalized spacial score (nSPS) is 13.0. The number of nitrogens with one attached hydrogen (secondary N) is 2. The van der Waals surface area contributed by atoms with E-state index in [9.17, 15) is 13.2 Å². The summed E-state index contributed by atoms with van der Waals surface area (Å²) < 4.78 is 32.5. The van der Waals surface area contributed by atoms with Gasteiger partial charge in [-0.2, -0.15) is 0 Å². The van der Waals surface area contributed by atoms with Crippen molar-refractivity contribution >= 4 is 38.8 Å². The van der Waals surface area contributed by atoms with E-state index in [4.69, 9.17) is 4.74 Å². The van der Waals surface area contributed by atoms with E-state index in [0.717, 1.165) is 16.9 Å². The number of para-hydroxylation sites is 1. The van der Waals surface area contributed by atoms with Crippen molar-refractivity contribution in [1.29, 1.82) is 0 Å². The lowest BCUT2D eigenvalue weighted by Crippen LogP contribution is -2.38. The van der Waals surface area contributed by atoms with Crippen LogP contribution in [0, 0.1) is 0 Å². The van der Waals surface area contributed by atoms with Crippen molar-refractivity contribution < 1.29 is 17.9 Å². The van der Waals surface area contributed by atoms with Gasteiger partial charge in [0.25, 0.3) is 0 Å². The van der Waals surface area contributed by atoms with Crippen LogP contribution in [-0.2, 0) is 23.1 Å². The molecule has 10 heteroatoms. The van der Waals surface area contributed by atoms with Gasteiger partial charge in [0.05, 0.1) is 22.6 Å². The van der Waals surface area contributed by atoms with Crippen molar-refractivity contribution in [3.05, 3.63) is 70.7 Å². The lowest BCUT2D eigenvalue weighted by atomic mass is 10.2. The highest BCUT2D eigenvalue weighted by Crippen LogP contribution is 2.29. The van der Waals surface area contributed by atoms with E-state index in [2.05, 4.69) is 15.6 Å². The van der Waals surface area contributed by atoms with Crippen molar-refractivity contribution in [3.63, 3.8) is 0 Å². The minimum absolute atomic E-state index is 0.00680. The smallest absolute Gasteiger partial charge is 0.319 e. The number of urea groups is 1. The summed E-state index contributed by atoms with van der Waals surface area (Å²) in [6, 6.07) is 14.0. The zero-order valence-corrected chi connectivity index (χ0v) is 18.3. The van der Waals surface area contributed by atoms with Crippen LogP contribution in [0.1, 0.15) is 11.3 Å². The molecule has 3 aromatic rings. The molecule has 1 aromatic heterocycles. The molecule has 1 aliphatic rings. The summed E-state index contributed by atoms with van der Waals surface area (Å²) in [4.78, 5) is 16.4. The number of carbonyl (C=O) groups is 1. The van der Waals surface area contributed by atoms with Crippen LogP contribution in [0.3, 0.4) is 0 Å². The van der Waals surface area contributed by atoms with Gasteiger partial charge in [-0.05, 0) is 30.2 Å². The number of amides is 2. The molecule has 0 spiro atoms. The van der Waals surface area contributed by atoms with E-state index >= 15 is 0 Å². The maximum atomic E-state index is 12.7. The topological polar surface area (TPSA) is 101 Å². The van der Waals surface area contributed by atoms with Crippen molar-refractivity contribution in [1.82, 2.24) is 10.3 Å². The number of rotatable bonds is 8. The average Bonchev–Trinajstić information content (AvgIpc) is 3.42. The molecule has 0 unspecified atom stereocenters. The van der Waals surface area contributed by atoms with E-state index in [0.29, 0.717) is 31.0 Å². The van der Waals surface area contributed by atoms with Crippen LogP contribution < -0.4 is 19.7 Å². The summed E-state index contributed by atoms with van der Waals surface area (Å²) in [6.45, 7) is 0.783. The van der Waals surface area contributed by atoms with Crippen LogP contribution >= 0.6 is 11.3 Å². The highest BCUT2D eigenvalue weighted by Gasteiger charge is 2.28. The number of hydrogen-bond donors (Lipinski definition) is 2. The molecule has 0 aliphatic carbocycles. The van der Waals surface area contributed by atoms with Crippen LogP contribution in [0.25, 0.3) is 0 Å². The Morgan fingerprint density at radius 1 is 1.19 bits per heavy atom. The molecule has 8 nitrogen and oxygen atoms in total. The monoisotopic (exact) mass is 458 g/mol. The highest BCUT2D eigenvalue weighted by molar-refractivity contribution is 7.92. The molecule has 0 saturated heterocycles. The SMILES string of the molecule is O=C(NCCS(=O)(=O)N1CCc2ccccc21)Nc1cccc(OCc2cscn2)c1. The van der Waals surface area contributed by atoms with Crippen molar-refractivity contribution in [2.45, 2.75) is 13.0 Å². The molecule has 4 rings (SSSR count). The number of hydrogen-bond acceptors (Lipinski definition) is 6. The standard InChI is InChI=1S/C21H22N4O4S2/c26-21(24-17-5-3-6-19(12-17)29-13-18-14-30-15-23-18)22-9-11-31(27,28)25-10-8-16-4-1-2-7-20(16)25/h1-7,12,14-15H,8-11,13H2,(H2,22,24,26). The molecule has 2 heterocycles. The maximum Gasteiger partial charge on any atom is 0.319 e. The molecular formula is C21H22N4O4S2. The van der Waals surface area contributed by atoms with Gasteiger partial charge in [0.2, 0.25) is 10.0 Å². The Kier molecular flexibility index (Phi) is 6.38. The van der Waals surface area contributed by atoms with Crippen LogP contribution in [0.4, 0.5) is 16.2 Å². The van der Waals surface area contributed by atoms with Gasteiger partial charge in [-0.1, -0.05) is 24.3 Å². The summed E-state index contributed by atoms with van der Waals surface area (Å²) in [5, 5.41) is 7.21. The number of sulfonamides is 1. The van der Waals surface area contributed by atoms with Crippen LogP contribution in [0.2, 0.25) is 0 Å². The van der Waals surface area contributed by atoms with E-state index in [1.807, 2.05) is 29.6 Å². The van der Waals surface area contributed by atoms with Gasteiger partial charge in [-0.25, -0.2) is 18.2 Å². The Hall–Kier alpha value is -3.11. The Labute approximate surface area is 184 Å². The lowest BCUT2D eigenvalue weighted by molar-refractivity contribution is 0.252. The van der Waals surface area contributed by atoms with E-state index in [1.54, 1.807) is 29.8 Å². The van der Waals surface area contributed by atoms with Gasteiger partial charge in [0.1, 0.15) is 12.4 Å². The molecule has 31 heavy (non-hydrogen) atoms. The second kappa shape index (κ2) is 9.36. The molecule has 0 atom stereocenters. The zero-order valence-electron chi connectivity index (χ0n) is 16.7. The van der Waals surface area contributed by atoms with Gasteiger partial charge < -0.3 is 15.4 Å². The summed E-state index contributed by atoms with van der Waals surface area (Å²) in [5.41, 5.74) is 4.87. The van der Waals surface area contributed by atoms with Crippen molar-refractivity contribution in [3.8, 4) is 5.75 Å². The fraction of sp³-hybridized carbons (Fsp3) is 0.238. The molecular weight excluding hydrogens is 436 g/mol. The van der Waals surface area contributed by atoms with Crippen LogP contribution in [-0.4, -0.2) is 38.3 Å². The zero-order chi connectivity index (χ0) is 21.7. The first-order valence-corrected chi connectivity index (χ1v) is 12.3. The van der Waals surface area contributed by atoms with E-state index in [-0.39, 0.29) is 12.3 Å². The minimum atomic E-state index is -3.51. The molecule has 2 N–H and O–H groups in total. The third kappa shape index (κ3) is 5.33. The number of ether oxygens (including phenoxy) is 1. The molecule has 162 valence electrons. The highest BCUT2D eigenvalue weighted by atomic mass is 32.2. The largest absolute Gasteiger partial charge is 0.487 e. The fourth-order valence-corrected chi connectivity index (χ4v) is 5.28. The summed E-state index contributed by atoms with van der Waals surface area (Å²) >= 11 is 1.50. The molecule has 0 fully saturated rings. The lowest BCUT2D eigenvalue weighted by Gasteiger charge is -2.19. The predicted octanol–water partition coefficient (Wildman–Crippen LogP) is 3.24. The predicted molar refractivity (Wildman–Crippen MR) is 121 cm³/mol. The molecule has 2 aromatic carbocycles. The first kappa shape index (κ1) is 21.1. The van der Waals surface area contributed by atoms with Crippen LogP contribution in [0.5, 0.6) is 5.75 Å². The fourth-order valence-electron chi connectivity index (χ4n) is 3.31. The van der Waals surface area contributed by atoms with Crippen molar-refractivity contribution in [2.24, 2.45) is 0 Å². The molecule has 1 aliphatic heterocycles. The molecule has 0 radical (unpaired) electrons. The van der Waals surface area contributed by atoms with E-state index < -0.39 is 16.1 Å². The second-order valence-electron chi connectivity index (χ2n) is 6.94. The number of anilines is 2. The third-order valence-corrected chi connectivity index (χ3v) is 7.19. The van der Waals surface area contributed by atoms with Crippen LogP contribution in [0.15, 0.2) is 59.4 Å². The van der Waals surface area contributed by atoms with Gasteiger partial charge in [0, 0.05) is 30.2 Å². The summed E-state index contributed by atoms with van der Waals surface area (Å²) in [5.74, 6) is 0.423. The van der Waals surface area contributed by atoms with E-state index in [1.165, 1.54) is 15.6 Å². The van der Waals surface area contributed by atoms with Gasteiger partial charge >= 0.3 is 6.03 Å². The molecule has 0 saturated carbocycles. The molecule has 2 amide bonds. The van der Waals surface area contributed by atoms with Gasteiger partial charge in [-0.3, -0.25) is 4.31 Å². The number of thiazole rings is 1. The minimum Gasteiger partial charge on any atom is -0.487 e. The maximum absolute atomic E-state index is 12.7. The summed E-state index contributed by atoms with van der Waals surface area (Å²) in [6.07, 6.45) is 0.699.